The molecule has 5 fully saturated rings. The van der Waals surface area contributed by atoms with Gasteiger partial charge in [0.25, 0.3) is 0 Å². The second-order valence-corrected chi connectivity index (χ2v) is 13.2. The van der Waals surface area contributed by atoms with Gasteiger partial charge < -0.3 is 23.7 Å². The van der Waals surface area contributed by atoms with E-state index in [4.69, 9.17) is 18.6 Å². The third-order valence-corrected chi connectivity index (χ3v) is 11.5. The van der Waals surface area contributed by atoms with Crippen molar-refractivity contribution in [3.05, 3.63) is 24.2 Å². The second-order valence-electron chi connectivity index (χ2n) is 13.2. The van der Waals surface area contributed by atoms with Crippen molar-refractivity contribution in [3.8, 4) is 0 Å². The highest BCUT2D eigenvalue weighted by Crippen LogP contribution is 2.80. The summed E-state index contributed by atoms with van der Waals surface area (Å²) in [6.45, 7) is 12.5. The van der Waals surface area contributed by atoms with Gasteiger partial charge in [0.05, 0.1) is 18.6 Å². The molecule has 0 aromatic carbocycles. The van der Waals surface area contributed by atoms with Crippen molar-refractivity contribution in [1.29, 1.82) is 0 Å². The molecule has 3 heterocycles. The molecule has 6 rings (SSSR count). The van der Waals surface area contributed by atoms with Crippen molar-refractivity contribution in [1.82, 2.24) is 0 Å². The van der Waals surface area contributed by atoms with E-state index in [9.17, 15) is 14.7 Å². The molecule has 10 atom stereocenters. The van der Waals surface area contributed by atoms with Gasteiger partial charge in [0.1, 0.15) is 17.8 Å². The second kappa shape index (κ2) is 6.91. The van der Waals surface area contributed by atoms with E-state index in [1.165, 1.54) is 6.92 Å². The van der Waals surface area contributed by atoms with Crippen molar-refractivity contribution in [2.24, 2.45) is 33.5 Å². The van der Waals surface area contributed by atoms with Gasteiger partial charge in [-0.1, -0.05) is 34.6 Å². The highest BCUT2D eigenvalue weighted by atomic mass is 16.7. The minimum atomic E-state index is -0.797. The van der Waals surface area contributed by atoms with Gasteiger partial charge in [-0.2, -0.15) is 0 Å². The Hall–Kier alpha value is -1.86. The number of esters is 2. The summed E-state index contributed by atoms with van der Waals surface area (Å²) in [6.07, 6.45) is 5.33. The summed E-state index contributed by atoms with van der Waals surface area (Å²) in [5, 5.41) is 11.0. The first kappa shape index (κ1) is 23.5. The summed E-state index contributed by atoms with van der Waals surface area (Å²) in [5.41, 5.74) is -1.42. The van der Waals surface area contributed by atoms with Gasteiger partial charge in [-0.15, -0.1) is 0 Å². The van der Waals surface area contributed by atoms with Gasteiger partial charge in [0.15, 0.2) is 6.10 Å². The van der Waals surface area contributed by atoms with Crippen LogP contribution in [0.25, 0.3) is 0 Å². The molecular formula is C28H38O7. The Morgan fingerprint density at radius 1 is 1.09 bits per heavy atom. The van der Waals surface area contributed by atoms with Crippen LogP contribution in [0.4, 0.5) is 0 Å². The number of hydrogen-bond donors (Lipinski definition) is 1. The number of furan rings is 1. The minimum absolute atomic E-state index is 0.0762. The van der Waals surface area contributed by atoms with Gasteiger partial charge in [0.2, 0.25) is 0 Å². The standard InChI is InChI=1S/C28H38O7/c1-15(29)33-20-13-18-24(2,3)19(30)8-10-25(18,4)17-7-11-26(5)21(16-9-12-32-14-16)34-23(31)22-28(26,35-22)27(17,20)6/h9,12,14,17-22,30H,7-8,10-11,13H2,1-6H3/t17-,18-,19+,20-,21-,22-,25+,26-,27-,28-/m0/s1. The summed E-state index contributed by atoms with van der Waals surface area (Å²) >= 11 is 0. The molecule has 0 unspecified atom stereocenters. The van der Waals surface area contributed by atoms with E-state index in [1.54, 1.807) is 12.5 Å². The van der Waals surface area contributed by atoms with Crippen LogP contribution in [0.1, 0.15) is 85.3 Å². The molecule has 1 aromatic rings. The molecule has 3 aliphatic carbocycles. The SMILES string of the molecule is CC(=O)O[C@H]1C[C@H]2C(C)(C)[C@H](O)CC[C@]2(C)[C@@H]2CC[C@@]3(C)[C@H](c4ccoc4)OC(=O)[C@@H]4O[C@@]43[C@]12C. The van der Waals surface area contributed by atoms with Crippen molar-refractivity contribution in [2.45, 2.75) is 104 Å². The Bertz CT molecular complexity index is 1060. The maximum atomic E-state index is 13.3. The largest absolute Gasteiger partial charge is 0.472 e. The van der Waals surface area contributed by atoms with Crippen molar-refractivity contribution in [2.75, 3.05) is 0 Å². The van der Waals surface area contributed by atoms with Crippen LogP contribution in [0, 0.1) is 33.5 Å². The molecule has 7 nitrogen and oxygen atoms in total. The average molecular weight is 487 g/mol. The van der Waals surface area contributed by atoms with E-state index >= 15 is 0 Å². The van der Waals surface area contributed by atoms with Gasteiger partial charge in [-0.05, 0) is 60.8 Å². The van der Waals surface area contributed by atoms with E-state index in [0.717, 1.165) is 31.2 Å². The van der Waals surface area contributed by atoms with E-state index in [1.807, 2.05) is 6.07 Å². The lowest BCUT2D eigenvalue weighted by molar-refractivity contribution is -0.275. The van der Waals surface area contributed by atoms with Crippen molar-refractivity contribution < 1.29 is 33.3 Å². The summed E-state index contributed by atoms with van der Waals surface area (Å²) in [7, 11) is 0. The topological polar surface area (TPSA) is 98.5 Å². The Morgan fingerprint density at radius 3 is 2.49 bits per heavy atom. The highest BCUT2D eigenvalue weighted by molar-refractivity contribution is 5.82. The number of aliphatic hydroxyl groups is 1. The number of fused-ring (bicyclic) bond motifs is 3. The number of cyclic esters (lactones) is 1. The third kappa shape index (κ3) is 2.59. The van der Waals surface area contributed by atoms with Crippen molar-refractivity contribution in [3.63, 3.8) is 0 Å². The first-order valence-corrected chi connectivity index (χ1v) is 13.1. The van der Waals surface area contributed by atoms with Crippen LogP contribution in [0.2, 0.25) is 0 Å². The molecule has 3 saturated carbocycles. The molecule has 192 valence electrons. The van der Waals surface area contributed by atoms with Crippen molar-refractivity contribution >= 4 is 11.9 Å². The predicted octanol–water partition coefficient (Wildman–Crippen LogP) is 4.58. The summed E-state index contributed by atoms with van der Waals surface area (Å²) < 4.78 is 24.1. The first-order valence-electron chi connectivity index (χ1n) is 13.1. The van der Waals surface area contributed by atoms with E-state index in [0.29, 0.717) is 6.42 Å². The summed E-state index contributed by atoms with van der Waals surface area (Å²) in [5.74, 6) is -0.319. The van der Waals surface area contributed by atoms with Crippen LogP contribution in [0.5, 0.6) is 0 Å². The molecule has 2 saturated heterocycles. The van der Waals surface area contributed by atoms with Gasteiger partial charge >= 0.3 is 11.9 Å². The van der Waals surface area contributed by atoms with Crippen LogP contribution in [-0.4, -0.2) is 41.0 Å². The maximum Gasteiger partial charge on any atom is 0.339 e. The lowest BCUT2D eigenvalue weighted by atomic mass is 9.34. The quantitative estimate of drug-likeness (QED) is 0.483. The fourth-order valence-electron chi connectivity index (χ4n) is 9.88. The number of rotatable bonds is 2. The fourth-order valence-corrected chi connectivity index (χ4v) is 9.88. The van der Waals surface area contributed by atoms with Crippen LogP contribution in [-0.2, 0) is 23.8 Å². The van der Waals surface area contributed by atoms with Gasteiger partial charge in [0, 0.05) is 23.3 Å². The van der Waals surface area contributed by atoms with Crippen LogP contribution >= 0.6 is 0 Å². The minimum Gasteiger partial charge on any atom is -0.472 e. The summed E-state index contributed by atoms with van der Waals surface area (Å²) in [6, 6.07) is 1.86. The zero-order valence-electron chi connectivity index (χ0n) is 21.6. The molecule has 1 N–H and O–H groups in total. The Morgan fingerprint density at radius 2 is 1.83 bits per heavy atom. The zero-order valence-corrected chi connectivity index (χ0v) is 21.6. The smallest absolute Gasteiger partial charge is 0.339 e. The highest BCUT2D eigenvalue weighted by Gasteiger charge is 2.88. The van der Waals surface area contributed by atoms with Crippen LogP contribution in [0.3, 0.4) is 0 Å². The summed E-state index contributed by atoms with van der Waals surface area (Å²) in [4.78, 5) is 25.7. The Balaban J connectivity index is 1.53. The molecule has 35 heavy (non-hydrogen) atoms. The molecule has 5 aliphatic rings. The zero-order chi connectivity index (χ0) is 25.2. The lowest BCUT2D eigenvalue weighted by Crippen LogP contribution is -2.73. The number of ether oxygens (including phenoxy) is 3. The molecular weight excluding hydrogens is 448 g/mol. The van der Waals surface area contributed by atoms with Crippen LogP contribution < -0.4 is 0 Å². The number of hydrogen-bond acceptors (Lipinski definition) is 7. The molecule has 0 bridgehead atoms. The number of carbonyl (C=O) groups is 2. The number of aliphatic hydroxyl groups excluding tert-OH is 1. The molecule has 0 radical (unpaired) electrons. The van der Waals surface area contributed by atoms with E-state index in [2.05, 4.69) is 34.6 Å². The average Bonchev–Trinajstić information content (AvgIpc) is 3.35. The number of epoxide rings is 1. The van der Waals surface area contributed by atoms with Crippen LogP contribution in [0.15, 0.2) is 23.0 Å². The molecule has 1 aromatic heterocycles. The Kier molecular flexibility index (Phi) is 4.65. The maximum absolute atomic E-state index is 13.3. The predicted molar refractivity (Wildman–Crippen MR) is 125 cm³/mol. The van der Waals surface area contributed by atoms with E-state index in [-0.39, 0.29) is 34.6 Å². The third-order valence-electron chi connectivity index (χ3n) is 11.5. The molecule has 2 aliphatic heterocycles. The fraction of sp³-hybridized carbons (Fsp3) is 0.786. The van der Waals surface area contributed by atoms with E-state index < -0.39 is 40.8 Å². The monoisotopic (exact) mass is 486 g/mol. The normalized spacial score (nSPS) is 51.7. The molecule has 1 spiro atoms. The molecule has 7 heteroatoms. The Labute approximate surface area is 206 Å². The number of carbonyl (C=O) groups excluding carboxylic acids is 2. The lowest BCUT2D eigenvalue weighted by Gasteiger charge is -2.70. The molecule has 0 amide bonds. The van der Waals surface area contributed by atoms with Gasteiger partial charge in [-0.25, -0.2) is 4.79 Å². The van der Waals surface area contributed by atoms with Gasteiger partial charge in [-0.3, -0.25) is 4.79 Å². The first-order chi connectivity index (χ1) is 16.3.